The molecule has 0 aliphatic carbocycles. The van der Waals surface area contributed by atoms with E-state index >= 15 is 0 Å². The molecule has 0 amide bonds. The summed E-state index contributed by atoms with van der Waals surface area (Å²) >= 11 is 0. The average molecular weight is 216 g/mol. The van der Waals surface area contributed by atoms with Gasteiger partial charge in [-0.05, 0) is 0 Å². The van der Waals surface area contributed by atoms with Crippen molar-refractivity contribution in [2.45, 2.75) is 0 Å². The van der Waals surface area contributed by atoms with Gasteiger partial charge in [0, 0.05) is 0 Å². The van der Waals surface area contributed by atoms with Gasteiger partial charge in [0.05, 0.1) is 0 Å². The first-order chi connectivity index (χ1) is 2.00. The van der Waals surface area contributed by atoms with E-state index in [-0.39, 0.29) is 52.4 Å². The number of hydrogen-bond donors (Lipinski definition) is 0. The van der Waals surface area contributed by atoms with Crippen molar-refractivity contribution in [2.75, 3.05) is 0 Å². The first kappa shape index (κ1) is 22.6. The van der Waals surface area contributed by atoms with E-state index in [1.165, 1.54) is 0 Å². The molecule has 0 bridgehead atoms. The molecule has 0 aromatic rings. The third-order valence-corrected chi connectivity index (χ3v) is 0. The minimum Gasteiger partial charge on any atom is -0.822 e. The summed E-state index contributed by atoms with van der Waals surface area (Å²) in [5.74, 6) is 0. The maximum atomic E-state index is 8.55. The van der Waals surface area contributed by atoms with Crippen LogP contribution in [0.25, 0.3) is 0 Å². The van der Waals surface area contributed by atoms with Gasteiger partial charge in [-0.15, -0.1) is 0 Å². The Morgan fingerprint density at radius 1 is 1.12 bits per heavy atom. The van der Waals surface area contributed by atoms with Crippen LogP contribution in [0, 0.1) is 0 Å². The van der Waals surface area contributed by atoms with Gasteiger partial charge in [-0.3, -0.25) is 0 Å². The second kappa shape index (κ2) is 8.72. The van der Waals surface area contributed by atoms with Gasteiger partial charge in [-0.2, -0.15) is 7.82 Å². The van der Waals surface area contributed by atoms with Crippen LogP contribution < -0.4 is 33.5 Å². The second-order valence-corrected chi connectivity index (χ2v) is 1.34. The summed E-state index contributed by atoms with van der Waals surface area (Å²) in [6, 6.07) is 0. The van der Waals surface area contributed by atoms with E-state index in [0.717, 1.165) is 0 Å². The molecule has 0 aliphatic rings. The molecule has 0 aliphatic heterocycles. The molecule has 0 N–H and O–H groups in total. The summed E-state index contributed by atoms with van der Waals surface area (Å²) in [7, 11) is -5.39. The zero-order valence-electron chi connectivity index (χ0n) is 3.75. The number of rotatable bonds is 0. The van der Waals surface area contributed by atoms with E-state index < -0.39 is 7.82 Å². The first-order valence-corrected chi connectivity index (χ1v) is 2.19. The molecule has 0 unspecified atom stereocenters. The average Bonchev–Trinajstić information content (AvgIpc) is 0.722. The summed E-state index contributed by atoms with van der Waals surface area (Å²) in [6.45, 7) is 0. The van der Waals surface area contributed by atoms with E-state index in [9.17, 15) is 0 Å². The topological polar surface area (TPSA) is 86.2 Å². The predicted molar refractivity (Wildman–Crippen MR) is 7.61 cm³/mol. The van der Waals surface area contributed by atoms with E-state index in [4.69, 9.17) is 19.2 Å². The summed E-state index contributed by atoms with van der Waals surface area (Å²) in [5, 5.41) is 0. The van der Waals surface area contributed by atoms with Crippen LogP contribution in [0.4, 0.5) is 0 Å². The van der Waals surface area contributed by atoms with E-state index in [1.54, 1.807) is 0 Å². The van der Waals surface area contributed by atoms with Crippen LogP contribution in [0.1, 0.15) is 0 Å². The number of hydrogen-bond acceptors (Lipinski definition) is 4. The van der Waals surface area contributed by atoms with Crippen molar-refractivity contribution in [3.05, 3.63) is 0 Å². The minimum atomic E-state index is -5.39. The van der Waals surface area contributed by atoms with Gasteiger partial charge in [0.2, 0.25) is 0 Å². The molecule has 0 aromatic carbocycles. The zero-order chi connectivity index (χ0) is 4.50. The summed E-state index contributed by atoms with van der Waals surface area (Å²) in [5.41, 5.74) is 0. The predicted octanol–water partition coefficient (Wildman–Crippen LogP) is -5.83. The van der Waals surface area contributed by atoms with Crippen molar-refractivity contribution >= 4 is 7.82 Å². The summed E-state index contributed by atoms with van der Waals surface area (Å²) in [4.78, 5) is 25.6. The molecule has 8 heavy (non-hydrogen) atoms. The molecule has 0 rings (SSSR count). The van der Waals surface area contributed by atoms with Gasteiger partial charge < -0.3 is 19.2 Å². The van der Waals surface area contributed by atoms with E-state index in [1.807, 2.05) is 0 Å². The molecule has 0 saturated carbocycles. The van der Waals surface area contributed by atoms with Crippen LogP contribution in [-0.2, 0) is 38.1 Å². The van der Waals surface area contributed by atoms with E-state index in [0.29, 0.717) is 0 Å². The number of phosphoric acid groups is 1. The minimum absolute atomic E-state index is 0. The Balaban J connectivity index is -0.0000000267. The zero-order valence-corrected chi connectivity index (χ0v) is 6.74. The largest absolute Gasteiger partial charge is 2.00 e. The fourth-order valence-corrected chi connectivity index (χ4v) is 0. The van der Waals surface area contributed by atoms with Gasteiger partial charge in [-0.1, -0.05) is 0 Å². The molecule has 0 radical (unpaired) electrons. The Labute approximate surface area is 79.2 Å². The Kier molecular flexibility index (Phi) is 24.6. The smallest absolute Gasteiger partial charge is 0.822 e. The standard InChI is InChI=1S/Fe.Li.Ni.H3O4P/c;;;1-5(2,3)4/h;;;(H3,1,2,3,4)/q+2;+1;+2;/p-3. The molecule has 0 heterocycles. The van der Waals surface area contributed by atoms with Gasteiger partial charge in [0.25, 0.3) is 0 Å². The maximum Gasteiger partial charge on any atom is 2.00 e. The quantitative estimate of drug-likeness (QED) is 0.298. The van der Waals surface area contributed by atoms with Crippen molar-refractivity contribution in [3.63, 3.8) is 0 Å². The van der Waals surface area contributed by atoms with Crippen molar-refractivity contribution in [2.24, 2.45) is 0 Å². The molecule has 0 atom stereocenters. The maximum absolute atomic E-state index is 8.55. The van der Waals surface area contributed by atoms with Crippen LogP contribution in [0.15, 0.2) is 0 Å². The SMILES string of the molecule is O=P([O-])([O-])[O-].[Fe+2].[Li+].[Ni+2]. The molecular weight excluding hydrogens is 216 g/mol. The molecule has 0 aromatic heterocycles. The Hall–Kier alpha value is 1.72. The monoisotopic (exact) mass is 216 g/mol. The molecular formula is FeLiNiO4P+2. The van der Waals surface area contributed by atoms with Crippen LogP contribution in [-0.4, -0.2) is 0 Å². The Morgan fingerprint density at radius 2 is 1.12 bits per heavy atom. The third kappa shape index (κ3) is 118. The van der Waals surface area contributed by atoms with Crippen LogP contribution in [0.5, 0.6) is 0 Å². The van der Waals surface area contributed by atoms with Crippen molar-refractivity contribution < 1.29 is 71.7 Å². The molecule has 0 fully saturated rings. The van der Waals surface area contributed by atoms with Crippen molar-refractivity contribution in [1.82, 2.24) is 0 Å². The Bertz CT molecular complexity index is 62.2. The van der Waals surface area contributed by atoms with E-state index in [2.05, 4.69) is 0 Å². The van der Waals surface area contributed by atoms with Crippen LogP contribution in [0.3, 0.4) is 0 Å². The Morgan fingerprint density at radius 3 is 1.12 bits per heavy atom. The second-order valence-electron chi connectivity index (χ2n) is 0.447. The molecule has 0 saturated heterocycles. The molecule has 46 valence electrons. The first-order valence-electron chi connectivity index (χ1n) is 0.730. The summed E-state index contributed by atoms with van der Waals surface area (Å²) < 4.78 is 8.55. The normalized spacial score (nSPS) is 7.38. The van der Waals surface area contributed by atoms with Crippen molar-refractivity contribution in [1.29, 1.82) is 0 Å². The van der Waals surface area contributed by atoms with Gasteiger partial charge in [-0.25, -0.2) is 0 Å². The summed E-state index contributed by atoms with van der Waals surface area (Å²) in [6.07, 6.45) is 0. The molecule has 0 spiro atoms. The third-order valence-electron chi connectivity index (χ3n) is 0. The van der Waals surface area contributed by atoms with Gasteiger partial charge in [0.15, 0.2) is 0 Å². The molecule has 4 nitrogen and oxygen atoms in total. The van der Waals surface area contributed by atoms with Crippen LogP contribution >= 0.6 is 7.82 Å². The van der Waals surface area contributed by atoms with Crippen molar-refractivity contribution in [3.8, 4) is 0 Å². The van der Waals surface area contributed by atoms with Crippen LogP contribution in [0.2, 0.25) is 0 Å². The van der Waals surface area contributed by atoms with Gasteiger partial charge in [0.1, 0.15) is 0 Å². The fourth-order valence-electron chi connectivity index (χ4n) is 0. The molecule has 8 heteroatoms. The van der Waals surface area contributed by atoms with Gasteiger partial charge >= 0.3 is 52.4 Å². The fraction of sp³-hybridized carbons (Fsp3) is 0.